The summed E-state index contributed by atoms with van der Waals surface area (Å²) >= 11 is 3.22. The maximum absolute atomic E-state index is 12.6. The van der Waals surface area contributed by atoms with Crippen LogP contribution in [0.3, 0.4) is 0 Å². The van der Waals surface area contributed by atoms with Crippen molar-refractivity contribution in [1.29, 1.82) is 0 Å². The molecule has 1 saturated carbocycles. The Balaban J connectivity index is 1.51. The molecule has 0 spiro atoms. The van der Waals surface area contributed by atoms with Crippen molar-refractivity contribution in [2.75, 3.05) is 13.2 Å². The van der Waals surface area contributed by atoms with Gasteiger partial charge in [0.2, 0.25) is 0 Å². The number of benzene rings is 1. The molecule has 8 heteroatoms. The molecule has 0 radical (unpaired) electrons. The molecule has 0 bridgehead atoms. The van der Waals surface area contributed by atoms with Crippen LogP contribution in [0.4, 0.5) is 0 Å². The number of aromatic nitrogens is 1. The Hall–Kier alpha value is -2.19. The van der Waals surface area contributed by atoms with Crippen LogP contribution in [0.5, 0.6) is 5.75 Å². The summed E-state index contributed by atoms with van der Waals surface area (Å²) in [5, 5.41) is 6.84. The van der Waals surface area contributed by atoms with Crippen LogP contribution in [-0.4, -0.2) is 35.6 Å². The summed E-state index contributed by atoms with van der Waals surface area (Å²) in [7, 11) is 0. The number of hydrogen-bond acceptors (Lipinski definition) is 7. The van der Waals surface area contributed by atoms with E-state index in [4.69, 9.17) is 9.47 Å². The number of ether oxygens (including phenoxy) is 2. The quantitative estimate of drug-likeness (QED) is 0.608. The third-order valence-electron chi connectivity index (χ3n) is 5.03. The van der Waals surface area contributed by atoms with E-state index < -0.39 is 5.54 Å². The molecule has 0 aliphatic heterocycles. The predicted molar refractivity (Wildman–Crippen MR) is 111 cm³/mol. The number of fused-ring (bicyclic) bond motifs is 3. The number of aryl methyl sites for hydroxylation is 1. The highest BCUT2D eigenvalue weighted by Crippen LogP contribution is 2.39. The molecule has 0 unspecified atom stereocenters. The third-order valence-corrected chi connectivity index (χ3v) is 6.87. The molecule has 2 aromatic heterocycles. The van der Waals surface area contributed by atoms with Crippen LogP contribution >= 0.6 is 22.7 Å². The van der Waals surface area contributed by atoms with Gasteiger partial charge >= 0.3 is 5.97 Å². The Bertz CT molecular complexity index is 1030. The normalized spacial score (nSPS) is 15.8. The Morgan fingerprint density at radius 2 is 2.11 bits per heavy atom. The van der Waals surface area contributed by atoms with E-state index in [1.54, 1.807) is 29.6 Å². The van der Waals surface area contributed by atoms with Crippen LogP contribution in [0, 0.1) is 6.92 Å². The molecular formula is C20H22N2O4S2. The first kappa shape index (κ1) is 19.1. The van der Waals surface area contributed by atoms with Gasteiger partial charge in [0, 0.05) is 11.5 Å². The van der Waals surface area contributed by atoms with Crippen LogP contribution in [0.2, 0.25) is 0 Å². The molecule has 6 nitrogen and oxygen atoms in total. The van der Waals surface area contributed by atoms with Gasteiger partial charge in [-0.25, -0.2) is 9.78 Å². The summed E-state index contributed by atoms with van der Waals surface area (Å²) in [6.45, 7) is 3.91. The molecule has 1 aliphatic rings. The second kappa shape index (κ2) is 7.67. The number of hydrogen-bond donors (Lipinski definition) is 1. The van der Waals surface area contributed by atoms with Gasteiger partial charge in [-0.15, -0.1) is 22.7 Å². The minimum Gasteiger partial charge on any atom is -0.483 e. The zero-order valence-electron chi connectivity index (χ0n) is 15.9. The van der Waals surface area contributed by atoms with E-state index in [0.717, 1.165) is 38.2 Å². The van der Waals surface area contributed by atoms with Gasteiger partial charge in [-0.3, -0.25) is 4.79 Å². The van der Waals surface area contributed by atoms with E-state index in [1.807, 2.05) is 24.4 Å². The third kappa shape index (κ3) is 3.46. The van der Waals surface area contributed by atoms with Crippen LogP contribution in [0.15, 0.2) is 17.5 Å². The lowest BCUT2D eigenvalue weighted by atomic mass is 9.97. The SMILES string of the molecule is CCOC(=O)C1(NC(=O)COc2cc3sc(C)nc3c3sccc23)CCCC1. The minimum atomic E-state index is -0.910. The maximum Gasteiger partial charge on any atom is 0.331 e. The lowest BCUT2D eigenvalue weighted by molar-refractivity contribution is -0.153. The molecule has 148 valence electrons. The number of thiazole rings is 1. The molecule has 2 heterocycles. The fourth-order valence-corrected chi connectivity index (χ4v) is 5.61. The average molecular weight is 419 g/mol. The molecule has 4 rings (SSSR count). The molecule has 1 aliphatic carbocycles. The molecule has 28 heavy (non-hydrogen) atoms. The first-order valence-corrected chi connectivity index (χ1v) is 11.1. The van der Waals surface area contributed by atoms with Crippen LogP contribution in [0.25, 0.3) is 20.3 Å². The highest BCUT2D eigenvalue weighted by Gasteiger charge is 2.43. The van der Waals surface area contributed by atoms with Crippen LogP contribution < -0.4 is 10.1 Å². The van der Waals surface area contributed by atoms with Crippen molar-refractivity contribution in [1.82, 2.24) is 10.3 Å². The van der Waals surface area contributed by atoms with Crippen molar-refractivity contribution >= 4 is 54.9 Å². The molecule has 3 aromatic rings. The largest absolute Gasteiger partial charge is 0.483 e. The van der Waals surface area contributed by atoms with Crippen molar-refractivity contribution in [2.24, 2.45) is 0 Å². The monoisotopic (exact) mass is 418 g/mol. The predicted octanol–water partition coefficient (Wildman–Crippen LogP) is 4.19. The number of thiophene rings is 1. The summed E-state index contributed by atoms with van der Waals surface area (Å²) in [4.78, 5) is 29.6. The number of carbonyl (C=O) groups is 2. The fraction of sp³-hybridized carbons (Fsp3) is 0.450. The average Bonchev–Trinajstić information content (AvgIpc) is 3.38. The smallest absolute Gasteiger partial charge is 0.331 e. The Morgan fingerprint density at radius 1 is 1.32 bits per heavy atom. The molecule has 1 fully saturated rings. The topological polar surface area (TPSA) is 77.5 Å². The highest BCUT2D eigenvalue weighted by molar-refractivity contribution is 7.21. The van der Waals surface area contributed by atoms with Gasteiger partial charge < -0.3 is 14.8 Å². The first-order valence-electron chi connectivity index (χ1n) is 9.41. The number of carbonyl (C=O) groups excluding carboxylic acids is 2. The number of rotatable bonds is 6. The van der Waals surface area contributed by atoms with E-state index in [0.29, 0.717) is 25.2 Å². The van der Waals surface area contributed by atoms with Gasteiger partial charge in [0.1, 0.15) is 11.3 Å². The maximum atomic E-state index is 12.6. The Labute approximate surface area is 170 Å². The second-order valence-corrected chi connectivity index (χ2v) is 9.12. The molecule has 1 N–H and O–H groups in total. The van der Waals surface area contributed by atoms with Gasteiger partial charge in [-0.05, 0) is 38.1 Å². The highest BCUT2D eigenvalue weighted by atomic mass is 32.1. The number of nitrogens with zero attached hydrogens (tertiary/aromatic N) is 1. The van der Waals surface area contributed by atoms with Gasteiger partial charge in [0.15, 0.2) is 6.61 Å². The number of esters is 1. The summed E-state index contributed by atoms with van der Waals surface area (Å²) in [5.41, 5.74) is 0.0731. The summed E-state index contributed by atoms with van der Waals surface area (Å²) in [6, 6.07) is 3.93. The fourth-order valence-electron chi connectivity index (χ4n) is 3.78. The molecule has 1 amide bonds. The summed E-state index contributed by atoms with van der Waals surface area (Å²) in [6.07, 6.45) is 3.02. The van der Waals surface area contributed by atoms with E-state index >= 15 is 0 Å². The molecular weight excluding hydrogens is 396 g/mol. The van der Waals surface area contributed by atoms with Crippen molar-refractivity contribution in [3.05, 3.63) is 22.5 Å². The van der Waals surface area contributed by atoms with Crippen molar-refractivity contribution in [2.45, 2.75) is 45.1 Å². The zero-order valence-corrected chi connectivity index (χ0v) is 17.5. The lowest BCUT2D eigenvalue weighted by Crippen LogP contribution is -2.54. The standard InChI is InChI=1S/C20H22N2O4S2/c1-3-25-19(24)20(7-4-5-8-20)22-16(23)11-26-14-10-15-17(21-12(2)28-15)18-13(14)6-9-27-18/h6,9-10H,3-5,7-8,11H2,1-2H3,(H,22,23). The first-order chi connectivity index (χ1) is 13.5. The number of amides is 1. The molecule has 0 saturated heterocycles. The van der Waals surface area contributed by atoms with Gasteiger partial charge in [0.05, 0.1) is 26.5 Å². The zero-order chi connectivity index (χ0) is 19.7. The van der Waals surface area contributed by atoms with Crippen molar-refractivity contribution < 1.29 is 19.1 Å². The van der Waals surface area contributed by atoms with E-state index in [1.165, 1.54) is 0 Å². The van der Waals surface area contributed by atoms with Crippen LogP contribution in [0.1, 0.15) is 37.6 Å². The van der Waals surface area contributed by atoms with Crippen LogP contribution in [-0.2, 0) is 14.3 Å². The Morgan fingerprint density at radius 3 is 2.86 bits per heavy atom. The van der Waals surface area contributed by atoms with E-state index in [2.05, 4.69) is 10.3 Å². The van der Waals surface area contributed by atoms with E-state index in [-0.39, 0.29) is 18.5 Å². The molecule has 0 atom stereocenters. The summed E-state index contributed by atoms with van der Waals surface area (Å²) in [5.74, 6) is 0.0145. The van der Waals surface area contributed by atoms with Gasteiger partial charge in [0.25, 0.3) is 5.91 Å². The van der Waals surface area contributed by atoms with Crippen molar-refractivity contribution in [3.63, 3.8) is 0 Å². The minimum absolute atomic E-state index is 0.143. The second-order valence-electron chi connectivity index (χ2n) is 6.96. The van der Waals surface area contributed by atoms with Gasteiger partial charge in [-0.2, -0.15) is 0 Å². The molecule has 1 aromatic carbocycles. The Kier molecular flexibility index (Phi) is 5.25. The lowest BCUT2D eigenvalue weighted by Gasteiger charge is -2.27. The summed E-state index contributed by atoms with van der Waals surface area (Å²) < 4.78 is 13.2. The van der Waals surface area contributed by atoms with Gasteiger partial charge in [-0.1, -0.05) is 12.8 Å². The van der Waals surface area contributed by atoms with Crippen molar-refractivity contribution in [3.8, 4) is 5.75 Å². The number of nitrogens with one attached hydrogen (secondary N) is 1. The van der Waals surface area contributed by atoms with E-state index in [9.17, 15) is 9.59 Å².